The predicted octanol–water partition coefficient (Wildman–Crippen LogP) is 1.12. The molecule has 0 bridgehead atoms. The number of ether oxygens (including phenoxy) is 2. The van der Waals surface area contributed by atoms with Gasteiger partial charge in [-0.2, -0.15) is 0 Å². The van der Waals surface area contributed by atoms with Crippen LogP contribution >= 0.6 is 0 Å². The van der Waals surface area contributed by atoms with E-state index in [0.29, 0.717) is 42.8 Å². The smallest absolute Gasteiger partial charge is 0.310 e. The molecule has 0 spiro atoms. The van der Waals surface area contributed by atoms with Gasteiger partial charge in [-0.1, -0.05) is 19.9 Å². The molecule has 2 aliphatic rings. The van der Waals surface area contributed by atoms with Crippen molar-refractivity contribution in [3.05, 3.63) is 29.3 Å². The average Bonchev–Trinajstić information content (AvgIpc) is 3.40. The van der Waals surface area contributed by atoms with Crippen molar-refractivity contribution >= 4 is 29.4 Å². The van der Waals surface area contributed by atoms with E-state index < -0.39 is 36.3 Å². The van der Waals surface area contributed by atoms with Crippen LogP contribution in [0.4, 0.5) is 5.69 Å². The van der Waals surface area contributed by atoms with Crippen molar-refractivity contribution in [2.24, 2.45) is 5.92 Å². The van der Waals surface area contributed by atoms with Gasteiger partial charge in [-0.15, -0.1) is 0 Å². The minimum atomic E-state index is -0.837. The first-order chi connectivity index (χ1) is 16.1. The summed E-state index contributed by atoms with van der Waals surface area (Å²) in [6.45, 7) is 7.95. The Morgan fingerprint density at radius 2 is 2.03 bits per heavy atom. The van der Waals surface area contributed by atoms with Crippen molar-refractivity contribution in [3.63, 3.8) is 0 Å². The summed E-state index contributed by atoms with van der Waals surface area (Å²) < 4.78 is 10.5. The number of nitrogens with zero attached hydrogens (tertiary/aromatic N) is 1. The van der Waals surface area contributed by atoms with Gasteiger partial charge in [-0.25, -0.2) is 0 Å². The Labute approximate surface area is 199 Å². The second-order valence-corrected chi connectivity index (χ2v) is 9.04. The van der Waals surface area contributed by atoms with E-state index >= 15 is 0 Å². The fraction of sp³-hybridized carbons (Fsp3) is 0.583. The summed E-state index contributed by atoms with van der Waals surface area (Å²) in [5.41, 5.74) is 7.47. The zero-order valence-electron chi connectivity index (χ0n) is 20.1. The third-order valence-electron chi connectivity index (χ3n) is 6.30. The number of rotatable bonds is 8. The van der Waals surface area contributed by atoms with Crippen LogP contribution in [0.3, 0.4) is 0 Å². The molecule has 10 nitrogen and oxygen atoms in total. The second kappa shape index (κ2) is 10.9. The number of carbonyl (C=O) groups is 4. The standard InChI is InChI=1S/C24H34N4O6/c1-5-33-24-17(12-19(29)34-24)26-22(31)18-10-7-11-28(18)23(32)20(13(2)3)27-21(30)15-8-6-9-16(25)14(15)4/h6,8-9,13,17-18,20,24H,5,7,10-12,25H2,1-4H3,(H,26,31)(H,27,30)/t17-,18+,20+,24-/m1/s1. The molecule has 2 aliphatic heterocycles. The highest BCUT2D eigenvalue weighted by atomic mass is 16.7. The fourth-order valence-electron chi connectivity index (χ4n) is 4.36. The molecule has 3 rings (SSSR count). The molecule has 1 aromatic carbocycles. The van der Waals surface area contributed by atoms with Crippen molar-refractivity contribution in [1.29, 1.82) is 0 Å². The van der Waals surface area contributed by atoms with Gasteiger partial charge in [0.25, 0.3) is 5.91 Å². The normalized spacial score (nSPS) is 23.0. The lowest BCUT2D eigenvalue weighted by atomic mass is 10.00. The molecule has 2 heterocycles. The monoisotopic (exact) mass is 474 g/mol. The molecule has 1 aromatic rings. The highest BCUT2D eigenvalue weighted by Gasteiger charge is 2.42. The van der Waals surface area contributed by atoms with E-state index in [2.05, 4.69) is 10.6 Å². The molecule has 0 saturated carbocycles. The maximum absolute atomic E-state index is 13.5. The quantitative estimate of drug-likeness (QED) is 0.379. The van der Waals surface area contributed by atoms with Crippen LogP contribution in [-0.4, -0.2) is 66.2 Å². The van der Waals surface area contributed by atoms with E-state index in [-0.39, 0.29) is 24.2 Å². The number of nitrogens with one attached hydrogen (secondary N) is 2. The first-order valence-corrected chi connectivity index (χ1v) is 11.7. The van der Waals surface area contributed by atoms with Gasteiger partial charge >= 0.3 is 5.97 Å². The van der Waals surface area contributed by atoms with Crippen LogP contribution in [0.15, 0.2) is 18.2 Å². The zero-order chi connectivity index (χ0) is 25.0. The van der Waals surface area contributed by atoms with Crippen molar-refractivity contribution in [1.82, 2.24) is 15.5 Å². The number of amides is 3. The van der Waals surface area contributed by atoms with Crippen molar-refractivity contribution in [2.75, 3.05) is 18.9 Å². The average molecular weight is 475 g/mol. The lowest BCUT2D eigenvalue weighted by Gasteiger charge is -2.31. The van der Waals surface area contributed by atoms with Gasteiger partial charge in [-0.05, 0) is 50.3 Å². The number of benzene rings is 1. The summed E-state index contributed by atoms with van der Waals surface area (Å²) in [7, 11) is 0. The number of anilines is 1. The van der Waals surface area contributed by atoms with Gasteiger partial charge in [0.15, 0.2) is 0 Å². The Morgan fingerprint density at radius 3 is 2.71 bits per heavy atom. The van der Waals surface area contributed by atoms with Crippen LogP contribution in [0.2, 0.25) is 0 Å². The van der Waals surface area contributed by atoms with Crippen LogP contribution in [0.5, 0.6) is 0 Å². The number of carbonyl (C=O) groups excluding carboxylic acids is 4. The number of cyclic esters (lactones) is 1. The van der Waals surface area contributed by atoms with Gasteiger partial charge in [0.05, 0.1) is 6.42 Å². The summed E-state index contributed by atoms with van der Waals surface area (Å²) >= 11 is 0. The third-order valence-corrected chi connectivity index (χ3v) is 6.30. The zero-order valence-corrected chi connectivity index (χ0v) is 20.1. The van der Waals surface area contributed by atoms with Crippen LogP contribution < -0.4 is 16.4 Å². The Kier molecular flexibility index (Phi) is 8.14. The maximum atomic E-state index is 13.5. The van der Waals surface area contributed by atoms with E-state index in [9.17, 15) is 19.2 Å². The summed E-state index contributed by atoms with van der Waals surface area (Å²) in [6, 6.07) is 2.95. The fourth-order valence-corrected chi connectivity index (χ4v) is 4.36. The van der Waals surface area contributed by atoms with Crippen LogP contribution in [0, 0.1) is 12.8 Å². The number of esters is 1. The van der Waals surface area contributed by atoms with Gasteiger partial charge in [0, 0.05) is 24.4 Å². The topological polar surface area (TPSA) is 140 Å². The third kappa shape index (κ3) is 5.49. The molecule has 2 fully saturated rings. The van der Waals surface area contributed by atoms with E-state index in [4.69, 9.17) is 15.2 Å². The first-order valence-electron chi connectivity index (χ1n) is 11.7. The number of nitrogens with two attached hydrogens (primary N) is 1. The molecule has 2 saturated heterocycles. The molecule has 4 atom stereocenters. The van der Waals surface area contributed by atoms with Crippen molar-refractivity contribution in [3.8, 4) is 0 Å². The first kappa shape index (κ1) is 25.5. The molecule has 34 heavy (non-hydrogen) atoms. The largest absolute Gasteiger partial charge is 0.433 e. The van der Waals surface area contributed by atoms with Crippen molar-refractivity contribution < 1.29 is 28.7 Å². The Morgan fingerprint density at radius 1 is 1.29 bits per heavy atom. The molecule has 0 unspecified atom stereocenters. The van der Waals surface area contributed by atoms with Crippen LogP contribution in [0.1, 0.15) is 56.0 Å². The van der Waals surface area contributed by atoms with Gasteiger partial charge in [0.2, 0.25) is 18.1 Å². The van der Waals surface area contributed by atoms with E-state index in [1.165, 1.54) is 4.90 Å². The number of likely N-dealkylation sites (tertiary alicyclic amines) is 1. The molecular formula is C24H34N4O6. The van der Waals surface area contributed by atoms with Gasteiger partial charge in [-0.3, -0.25) is 19.2 Å². The van der Waals surface area contributed by atoms with Crippen LogP contribution in [-0.2, 0) is 23.9 Å². The lowest BCUT2D eigenvalue weighted by Crippen LogP contribution is -2.56. The molecule has 4 N–H and O–H groups in total. The molecule has 3 amide bonds. The van der Waals surface area contributed by atoms with E-state index in [0.717, 1.165) is 0 Å². The van der Waals surface area contributed by atoms with Crippen LogP contribution in [0.25, 0.3) is 0 Å². The number of hydrogen-bond donors (Lipinski definition) is 3. The van der Waals surface area contributed by atoms with E-state index in [1.54, 1.807) is 32.0 Å². The van der Waals surface area contributed by atoms with Crippen molar-refractivity contribution in [2.45, 2.75) is 71.4 Å². The molecule has 10 heteroatoms. The van der Waals surface area contributed by atoms with Gasteiger partial charge in [0.1, 0.15) is 18.1 Å². The second-order valence-electron chi connectivity index (χ2n) is 9.04. The minimum absolute atomic E-state index is 0.0152. The Balaban J connectivity index is 1.71. The number of nitrogen functional groups attached to an aromatic ring is 1. The summed E-state index contributed by atoms with van der Waals surface area (Å²) in [5.74, 6) is -1.71. The molecular weight excluding hydrogens is 440 g/mol. The number of hydrogen-bond acceptors (Lipinski definition) is 7. The molecule has 0 aliphatic carbocycles. The summed E-state index contributed by atoms with van der Waals surface area (Å²) in [5, 5.41) is 5.65. The summed E-state index contributed by atoms with van der Waals surface area (Å²) in [6.07, 6.45) is 0.329. The SMILES string of the molecule is CCO[C@@H]1OC(=O)C[C@H]1NC(=O)[C@@H]1CCCN1C(=O)[C@@H](NC(=O)c1cccc(N)c1C)C(C)C. The maximum Gasteiger partial charge on any atom is 0.310 e. The predicted molar refractivity (Wildman–Crippen MR) is 124 cm³/mol. The summed E-state index contributed by atoms with van der Waals surface area (Å²) in [4.78, 5) is 52.7. The molecule has 0 radical (unpaired) electrons. The molecule has 186 valence electrons. The highest BCUT2D eigenvalue weighted by molar-refractivity contribution is 6.00. The van der Waals surface area contributed by atoms with E-state index in [1.807, 2.05) is 13.8 Å². The lowest BCUT2D eigenvalue weighted by molar-refractivity contribution is -0.164. The minimum Gasteiger partial charge on any atom is -0.433 e. The Bertz CT molecular complexity index is 949. The van der Waals surface area contributed by atoms with Gasteiger partial charge < -0.3 is 30.7 Å². The Hall–Kier alpha value is -3.14. The molecule has 0 aromatic heterocycles. The highest BCUT2D eigenvalue weighted by Crippen LogP contribution is 2.23.